The number of carbonyl (C=O) groups excluding carboxylic acids is 3. The van der Waals surface area contributed by atoms with Crippen LogP contribution in [0.15, 0.2) is 53.9 Å². The fourth-order valence-electron chi connectivity index (χ4n) is 4.05. The molecule has 1 aliphatic rings. The van der Waals surface area contributed by atoms with Crippen molar-refractivity contribution >= 4 is 39.9 Å². The van der Waals surface area contributed by atoms with E-state index in [2.05, 4.69) is 22.5 Å². The summed E-state index contributed by atoms with van der Waals surface area (Å²) in [5.41, 5.74) is 4.72. The lowest BCUT2D eigenvalue weighted by molar-refractivity contribution is -0.122. The lowest BCUT2D eigenvalue weighted by Crippen LogP contribution is -2.28. The lowest BCUT2D eigenvalue weighted by atomic mass is 10.1. The number of aromatic nitrogens is 1. The molecule has 1 aromatic heterocycles. The van der Waals surface area contributed by atoms with E-state index in [0.29, 0.717) is 11.7 Å². The molecule has 0 aliphatic carbocycles. The Bertz CT molecular complexity index is 1190. The molecule has 4 rings (SSSR count). The van der Waals surface area contributed by atoms with Gasteiger partial charge in [0.05, 0.1) is 17.7 Å². The van der Waals surface area contributed by atoms with Crippen molar-refractivity contribution in [3.63, 3.8) is 0 Å². The highest BCUT2D eigenvalue weighted by Crippen LogP contribution is 2.29. The molecule has 1 aliphatic heterocycles. The van der Waals surface area contributed by atoms with Crippen LogP contribution >= 0.6 is 11.3 Å². The second-order valence-corrected chi connectivity index (χ2v) is 9.35. The molecule has 0 saturated carbocycles. The van der Waals surface area contributed by atoms with Gasteiger partial charge in [-0.2, -0.15) is 0 Å². The maximum atomic E-state index is 12.8. The van der Waals surface area contributed by atoms with E-state index in [4.69, 9.17) is 0 Å². The Hall–Kier alpha value is -3.52. The molecule has 0 radical (unpaired) electrons. The topological polar surface area (TPSA) is 91.4 Å². The number of rotatable bonds is 7. The van der Waals surface area contributed by atoms with E-state index in [1.807, 2.05) is 60.8 Å². The second kappa shape index (κ2) is 10.2. The third kappa shape index (κ3) is 5.34. The Balaban J connectivity index is 1.38. The van der Waals surface area contributed by atoms with E-state index in [9.17, 15) is 14.4 Å². The fourth-order valence-corrected chi connectivity index (χ4v) is 4.77. The number of hydrogen-bond acceptors (Lipinski definition) is 5. The van der Waals surface area contributed by atoms with Crippen molar-refractivity contribution < 1.29 is 14.4 Å². The smallest absolute Gasteiger partial charge is 0.231 e. The van der Waals surface area contributed by atoms with Gasteiger partial charge in [-0.25, -0.2) is 4.98 Å². The molecular weight excluding hydrogens is 448 g/mol. The summed E-state index contributed by atoms with van der Waals surface area (Å²) in [6.45, 7) is 5.88. The Morgan fingerprint density at radius 1 is 1.15 bits per heavy atom. The molecule has 2 heterocycles. The van der Waals surface area contributed by atoms with Crippen LogP contribution in [-0.4, -0.2) is 29.3 Å². The molecule has 34 heavy (non-hydrogen) atoms. The SMILES string of the molecule is CCc1ccc(N2C[C@@H](C(=O)Nc3nc(-c4ccc([C@H](C)NC(C)=O)cc4)cs3)CC2=O)cc1. The Morgan fingerprint density at radius 2 is 1.85 bits per heavy atom. The Kier molecular flexibility index (Phi) is 7.07. The van der Waals surface area contributed by atoms with Crippen molar-refractivity contribution in [2.75, 3.05) is 16.8 Å². The lowest BCUT2D eigenvalue weighted by Gasteiger charge is -2.17. The van der Waals surface area contributed by atoms with Crippen molar-refractivity contribution in [1.82, 2.24) is 10.3 Å². The molecule has 1 saturated heterocycles. The molecule has 1 fully saturated rings. The van der Waals surface area contributed by atoms with Gasteiger partial charge in [0.1, 0.15) is 0 Å². The normalized spacial score (nSPS) is 16.4. The van der Waals surface area contributed by atoms with Crippen LogP contribution in [-0.2, 0) is 20.8 Å². The molecule has 3 amide bonds. The molecule has 2 atom stereocenters. The zero-order valence-electron chi connectivity index (χ0n) is 19.5. The highest BCUT2D eigenvalue weighted by Gasteiger charge is 2.35. The fraction of sp³-hybridized carbons (Fsp3) is 0.308. The summed E-state index contributed by atoms with van der Waals surface area (Å²) in [5.74, 6) is -0.725. The molecule has 0 bridgehead atoms. The second-order valence-electron chi connectivity index (χ2n) is 8.50. The number of nitrogens with one attached hydrogen (secondary N) is 2. The van der Waals surface area contributed by atoms with Gasteiger partial charge in [0.25, 0.3) is 0 Å². The molecule has 2 aromatic carbocycles. The molecule has 0 spiro atoms. The van der Waals surface area contributed by atoms with Crippen molar-refractivity contribution in [2.24, 2.45) is 5.92 Å². The molecule has 3 aromatic rings. The maximum Gasteiger partial charge on any atom is 0.231 e. The standard InChI is InChI=1S/C26H28N4O3S/c1-4-18-5-11-22(12-6-18)30-14-21(13-24(30)32)25(33)29-26-28-23(15-34-26)20-9-7-19(8-10-20)16(2)27-17(3)31/h5-12,15-16,21H,4,13-14H2,1-3H3,(H,27,31)(H,28,29,33)/t16-,21-/m0/s1. The predicted molar refractivity (Wildman–Crippen MR) is 135 cm³/mol. The number of carbonyl (C=O) groups is 3. The number of nitrogens with zero attached hydrogens (tertiary/aromatic N) is 2. The number of hydrogen-bond donors (Lipinski definition) is 2. The summed E-state index contributed by atoms with van der Waals surface area (Å²) in [7, 11) is 0. The van der Waals surface area contributed by atoms with E-state index < -0.39 is 5.92 Å². The average molecular weight is 477 g/mol. The van der Waals surface area contributed by atoms with E-state index in [1.54, 1.807) is 4.90 Å². The van der Waals surface area contributed by atoms with E-state index in [0.717, 1.165) is 28.9 Å². The zero-order valence-corrected chi connectivity index (χ0v) is 20.3. The summed E-state index contributed by atoms with van der Waals surface area (Å²) in [4.78, 5) is 42.9. The Labute approximate surface area is 203 Å². The third-order valence-electron chi connectivity index (χ3n) is 6.01. The summed E-state index contributed by atoms with van der Waals surface area (Å²) < 4.78 is 0. The molecule has 176 valence electrons. The van der Waals surface area contributed by atoms with Gasteiger partial charge in [0.15, 0.2) is 5.13 Å². The molecule has 2 N–H and O–H groups in total. The molecule has 0 unspecified atom stereocenters. The number of benzene rings is 2. The van der Waals surface area contributed by atoms with Crippen LogP contribution in [0.5, 0.6) is 0 Å². The monoisotopic (exact) mass is 476 g/mol. The highest BCUT2D eigenvalue weighted by atomic mass is 32.1. The molecule has 8 heteroatoms. The first-order valence-corrected chi connectivity index (χ1v) is 12.2. The van der Waals surface area contributed by atoms with Crippen molar-refractivity contribution in [2.45, 2.75) is 39.7 Å². The first-order valence-electron chi connectivity index (χ1n) is 11.4. The maximum absolute atomic E-state index is 12.8. The minimum absolute atomic E-state index is 0.0437. The summed E-state index contributed by atoms with van der Waals surface area (Å²) >= 11 is 1.35. The predicted octanol–water partition coefficient (Wildman–Crippen LogP) is 4.56. The zero-order chi connectivity index (χ0) is 24.2. The minimum atomic E-state index is -0.416. The van der Waals surface area contributed by atoms with Crippen LogP contribution in [0.4, 0.5) is 10.8 Å². The van der Waals surface area contributed by atoms with Crippen molar-refractivity contribution in [1.29, 1.82) is 0 Å². The van der Waals surface area contributed by atoms with Crippen LogP contribution in [0.3, 0.4) is 0 Å². The quantitative estimate of drug-likeness (QED) is 0.523. The van der Waals surface area contributed by atoms with Crippen LogP contribution in [0.25, 0.3) is 11.3 Å². The summed E-state index contributed by atoms with van der Waals surface area (Å²) in [6, 6.07) is 15.6. The average Bonchev–Trinajstić information content (AvgIpc) is 3.45. The van der Waals surface area contributed by atoms with Gasteiger partial charge in [-0.1, -0.05) is 43.3 Å². The number of aryl methyl sites for hydroxylation is 1. The summed E-state index contributed by atoms with van der Waals surface area (Å²) in [5, 5.41) is 8.14. The van der Waals surface area contributed by atoms with Crippen LogP contribution in [0.1, 0.15) is 44.4 Å². The van der Waals surface area contributed by atoms with E-state index in [-0.39, 0.29) is 30.2 Å². The van der Waals surface area contributed by atoms with Gasteiger partial charge < -0.3 is 15.5 Å². The highest BCUT2D eigenvalue weighted by molar-refractivity contribution is 7.14. The number of anilines is 2. The largest absolute Gasteiger partial charge is 0.350 e. The summed E-state index contributed by atoms with van der Waals surface area (Å²) in [6.07, 6.45) is 1.13. The minimum Gasteiger partial charge on any atom is -0.350 e. The Morgan fingerprint density at radius 3 is 2.50 bits per heavy atom. The van der Waals surface area contributed by atoms with Gasteiger partial charge in [-0.15, -0.1) is 11.3 Å². The molecular formula is C26H28N4O3S. The van der Waals surface area contributed by atoms with Crippen molar-refractivity contribution in [3.8, 4) is 11.3 Å². The third-order valence-corrected chi connectivity index (χ3v) is 6.77. The van der Waals surface area contributed by atoms with Crippen molar-refractivity contribution in [3.05, 3.63) is 65.0 Å². The number of thiazole rings is 1. The molecule has 7 nitrogen and oxygen atoms in total. The first-order chi connectivity index (χ1) is 16.3. The number of amides is 3. The van der Waals surface area contributed by atoms with E-state index in [1.165, 1.54) is 23.8 Å². The van der Waals surface area contributed by atoms with Gasteiger partial charge in [-0.05, 0) is 36.6 Å². The van der Waals surface area contributed by atoms with Crippen LogP contribution in [0, 0.1) is 5.92 Å². The van der Waals surface area contributed by atoms with Crippen LogP contribution in [0.2, 0.25) is 0 Å². The van der Waals surface area contributed by atoms with Gasteiger partial charge in [-0.3, -0.25) is 14.4 Å². The van der Waals surface area contributed by atoms with E-state index >= 15 is 0 Å². The van der Waals surface area contributed by atoms with Gasteiger partial charge in [0, 0.05) is 36.5 Å². The van der Waals surface area contributed by atoms with Gasteiger partial charge in [0.2, 0.25) is 17.7 Å². The first kappa shape index (κ1) is 23.6. The van der Waals surface area contributed by atoms with Crippen LogP contribution < -0.4 is 15.5 Å². The van der Waals surface area contributed by atoms with Gasteiger partial charge >= 0.3 is 0 Å².